The number of hydrogen-bond acceptors (Lipinski definition) is 4. The maximum atomic E-state index is 11.7. The highest BCUT2D eigenvalue weighted by molar-refractivity contribution is 7.11. The molecule has 7 heteroatoms. The minimum absolute atomic E-state index is 0.121. The van der Waals surface area contributed by atoms with E-state index in [4.69, 9.17) is 5.73 Å². The molecule has 80 valence electrons. The number of ether oxygens (including phenoxy) is 1. The molecule has 0 amide bonds. The summed E-state index contributed by atoms with van der Waals surface area (Å²) in [5.74, 6) is 0. The van der Waals surface area contributed by atoms with Gasteiger partial charge in [-0.05, 0) is 0 Å². The monoisotopic (exact) mass is 226 g/mol. The molecule has 0 fully saturated rings. The van der Waals surface area contributed by atoms with Crippen molar-refractivity contribution >= 4 is 11.3 Å². The van der Waals surface area contributed by atoms with Crippen LogP contribution in [0.4, 0.5) is 13.2 Å². The second-order valence-corrected chi connectivity index (χ2v) is 3.73. The van der Waals surface area contributed by atoms with Crippen molar-refractivity contribution in [2.75, 3.05) is 6.61 Å². The maximum absolute atomic E-state index is 11.7. The normalized spacial score (nSPS) is 12.0. The Morgan fingerprint density at radius 2 is 2.21 bits per heavy atom. The highest BCUT2D eigenvalue weighted by Gasteiger charge is 2.27. The van der Waals surface area contributed by atoms with Crippen LogP contribution in [0.3, 0.4) is 0 Å². The lowest BCUT2D eigenvalue weighted by molar-refractivity contribution is -0.176. The smallest absolute Gasteiger partial charge is 0.365 e. The molecule has 0 aliphatic carbocycles. The molecule has 0 aliphatic heterocycles. The summed E-state index contributed by atoms with van der Waals surface area (Å²) in [7, 11) is 0. The summed E-state index contributed by atoms with van der Waals surface area (Å²) in [5.41, 5.74) is 5.31. The van der Waals surface area contributed by atoms with Crippen molar-refractivity contribution in [3.05, 3.63) is 16.1 Å². The van der Waals surface area contributed by atoms with Crippen molar-refractivity contribution in [3.8, 4) is 0 Å². The minimum atomic E-state index is -4.28. The molecule has 0 unspecified atom stereocenters. The van der Waals surface area contributed by atoms with E-state index >= 15 is 0 Å². The first-order valence-corrected chi connectivity index (χ1v) is 4.61. The van der Waals surface area contributed by atoms with Crippen LogP contribution in [0.2, 0.25) is 0 Å². The van der Waals surface area contributed by atoms with E-state index in [0.29, 0.717) is 11.6 Å². The molecule has 14 heavy (non-hydrogen) atoms. The number of thiazole rings is 1. The van der Waals surface area contributed by atoms with Gasteiger partial charge in [-0.2, -0.15) is 13.2 Å². The van der Waals surface area contributed by atoms with Gasteiger partial charge in [0.1, 0.15) is 11.6 Å². The van der Waals surface area contributed by atoms with Crippen molar-refractivity contribution in [2.45, 2.75) is 19.3 Å². The summed E-state index contributed by atoms with van der Waals surface area (Å²) in [4.78, 5) is 4.68. The van der Waals surface area contributed by atoms with Crippen LogP contribution in [0.25, 0.3) is 0 Å². The van der Waals surface area contributed by atoms with E-state index in [2.05, 4.69) is 9.72 Å². The van der Waals surface area contributed by atoms with Crippen molar-refractivity contribution in [2.24, 2.45) is 5.73 Å². The molecule has 0 aromatic carbocycles. The third kappa shape index (κ3) is 4.03. The van der Waals surface area contributed by atoms with Crippen LogP contribution in [-0.4, -0.2) is 17.8 Å². The van der Waals surface area contributed by atoms with Gasteiger partial charge in [0.15, 0.2) is 0 Å². The van der Waals surface area contributed by atoms with E-state index in [1.807, 2.05) is 0 Å². The summed E-state index contributed by atoms with van der Waals surface area (Å²) in [6, 6.07) is 0. The van der Waals surface area contributed by atoms with Gasteiger partial charge in [0.25, 0.3) is 0 Å². The van der Waals surface area contributed by atoms with Crippen molar-refractivity contribution in [1.82, 2.24) is 4.98 Å². The Hall–Kier alpha value is -0.660. The molecule has 1 heterocycles. The van der Waals surface area contributed by atoms with Gasteiger partial charge < -0.3 is 10.5 Å². The van der Waals surface area contributed by atoms with Gasteiger partial charge >= 0.3 is 6.18 Å². The van der Waals surface area contributed by atoms with Gasteiger partial charge in [0.05, 0.1) is 6.61 Å². The third-order valence-corrected chi connectivity index (χ3v) is 2.29. The first-order valence-electron chi connectivity index (χ1n) is 3.79. The number of rotatable bonds is 4. The van der Waals surface area contributed by atoms with Gasteiger partial charge in [-0.25, -0.2) is 4.98 Å². The van der Waals surface area contributed by atoms with Crippen LogP contribution in [0.1, 0.15) is 9.88 Å². The molecule has 1 aromatic heterocycles. The quantitative estimate of drug-likeness (QED) is 0.849. The Labute approximate surface area is 82.7 Å². The van der Waals surface area contributed by atoms with Crippen molar-refractivity contribution < 1.29 is 17.9 Å². The number of nitrogens with zero attached hydrogens (tertiary/aromatic N) is 1. The van der Waals surface area contributed by atoms with Crippen molar-refractivity contribution in [1.29, 1.82) is 0 Å². The fourth-order valence-corrected chi connectivity index (χ4v) is 1.50. The van der Waals surface area contributed by atoms with Crippen LogP contribution in [0.15, 0.2) is 6.20 Å². The lowest BCUT2D eigenvalue weighted by Gasteiger charge is -2.05. The Morgan fingerprint density at radius 1 is 1.50 bits per heavy atom. The maximum Gasteiger partial charge on any atom is 0.411 e. The molecule has 0 aliphatic rings. The first-order chi connectivity index (χ1) is 6.51. The second-order valence-electron chi connectivity index (χ2n) is 2.53. The molecule has 1 aromatic rings. The van der Waals surface area contributed by atoms with E-state index in [9.17, 15) is 13.2 Å². The predicted octanol–water partition coefficient (Wildman–Crippen LogP) is 1.68. The van der Waals surface area contributed by atoms with Crippen molar-refractivity contribution in [3.63, 3.8) is 0 Å². The summed E-state index contributed by atoms with van der Waals surface area (Å²) in [5, 5.41) is 0.509. The number of hydrogen-bond donors (Lipinski definition) is 1. The average Bonchev–Trinajstić information content (AvgIpc) is 2.50. The van der Waals surface area contributed by atoms with E-state index in [0.717, 1.165) is 4.88 Å². The van der Waals surface area contributed by atoms with E-state index in [-0.39, 0.29) is 6.61 Å². The minimum Gasteiger partial charge on any atom is -0.365 e. The van der Waals surface area contributed by atoms with Crippen LogP contribution in [0, 0.1) is 0 Å². The summed E-state index contributed by atoms with van der Waals surface area (Å²) in [6.45, 7) is -1.02. The molecule has 0 saturated carbocycles. The summed E-state index contributed by atoms with van der Waals surface area (Å²) >= 11 is 1.25. The van der Waals surface area contributed by atoms with E-state index < -0.39 is 12.8 Å². The highest BCUT2D eigenvalue weighted by atomic mass is 32.1. The summed E-state index contributed by atoms with van der Waals surface area (Å²) < 4.78 is 39.4. The topological polar surface area (TPSA) is 48.1 Å². The van der Waals surface area contributed by atoms with Crippen LogP contribution in [-0.2, 0) is 17.9 Å². The highest BCUT2D eigenvalue weighted by Crippen LogP contribution is 2.17. The fraction of sp³-hybridized carbons (Fsp3) is 0.571. The zero-order chi connectivity index (χ0) is 10.6. The van der Waals surface area contributed by atoms with E-state index in [1.54, 1.807) is 0 Å². The third-order valence-electron chi connectivity index (χ3n) is 1.29. The lowest BCUT2D eigenvalue weighted by Crippen LogP contribution is -2.16. The Balaban J connectivity index is 2.31. The standard InChI is InChI=1S/C7H9F3N2OS/c8-7(9,10)4-13-3-6-12-2-5(1-11)14-6/h2H,1,3-4,11H2. The lowest BCUT2D eigenvalue weighted by atomic mass is 10.6. The number of aromatic nitrogens is 1. The van der Waals surface area contributed by atoms with Crippen LogP contribution in [0.5, 0.6) is 0 Å². The van der Waals surface area contributed by atoms with Gasteiger partial charge in [-0.1, -0.05) is 0 Å². The SMILES string of the molecule is NCc1cnc(COCC(F)(F)F)s1. The van der Waals surface area contributed by atoms with Crippen LogP contribution >= 0.6 is 11.3 Å². The van der Waals surface area contributed by atoms with Gasteiger partial charge in [0, 0.05) is 17.6 Å². The zero-order valence-electron chi connectivity index (χ0n) is 7.17. The first kappa shape index (κ1) is 11.4. The number of nitrogens with two attached hydrogens (primary N) is 1. The molecule has 3 nitrogen and oxygen atoms in total. The van der Waals surface area contributed by atoms with Gasteiger partial charge in [0.2, 0.25) is 0 Å². The second kappa shape index (κ2) is 4.72. The molecular weight excluding hydrogens is 217 g/mol. The Morgan fingerprint density at radius 3 is 2.71 bits per heavy atom. The molecule has 0 saturated heterocycles. The van der Waals surface area contributed by atoms with Gasteiger partial charge in [-0.15, -0.1) is 11.3 Å². The Bertz CT molecular complexity index is 287. The fourth-order valence-electron chi connectivity index (χ4n) is 0.763. The molecule has 1 rings (SSSR count). The molecule has 0 atom stereocenters. The van der Waals surface area contributed by atoms with Gasteiger partial charge in [-0.3, -0.25) is 0 Å². The Kier molecular flexibility index (Phi) is 3.85. The van der Waals surface area contributed by atoms with E-state index in [1.165, 1.54) is 17.5 Å². The largest absolute Gasteiger partial charge is 0.411 e. The number of halogens is 3. The zero-order valence-corrected chi connectivity index (χ0v) is 7.99. The molecule has 0 bridgehead atoms. The number of alkyl halides is 3. The molecular formula is C7H9F3N2OS. The molecule has 0 radical (unpaired) electrons. The molecule has 0 spiro atoms. The van der Waals surface area contributed by atoms with Crippen LogP contribution < -0.4 is 5.73 Å². The summed E-state index contributed by atoms with van der Waals surface area (Å²) in [6.07, 6.45) is -2.75. The average molecular weight is 226 g/mol. The predicted molar refractivity (Wildman–Crippen MR) is 45.7 cm³/mol. The molecule has 2 N–H and O–H groups in total.